The fraction of sp³-hybridized carbons (Fsp3) is 0.647. The minimum atomic E-state index is -0.244. The Hall–Kier alpha value is -2.22. The molecule has 3 amide bonds. The maximum absolute atomic E-state index is 12.4. The smallest absolute Gasteiger partial charge is 0.320 e. The molecule has 8 heteroatoms. The summed E-state index contributed by atoms with van der Waals surface area (Å²) in [5, 5.41) is 2.75. The van der Waals surface area contributed by atoms with Crippen LogP contribution in [0.15, 0.2) is 18.5 Å². The molecule has 0 aromatic carbocycles. The van der Waals surface area contributed by atoms with E-state index in [0.717, 1.165) is 45.6 Å². The van der Waals surface area contributed by atoms with Crippen LogP contribution in [0.3, 0.4) is 0 Å². The van der Waals surface area contributed by atoms with Crippen LogP contribution >= 0.6 is 0 Å². The van der Waals surface area contributed by atoms with Crippen molar-refractivity contribution in [1.29, 1.82) is 0 Å². The molecule has 0 bridgehead atoms. The topological polar surface area (TPSA) is 81.7 Å². The summed E-state index contributed by atoms with van der Waals surface area (Å²) in [5.41, 5.74) is 0. The molecule has 1 atom stereocenters. The number of carbonyl (C=O) groups excluding carboxylic acids is 2. The van der Waals surface area contributed by atoms with Crippen molar-refractivity contribution in [3.8, 4) is 0 Å². The summed E-state index contributed by atoms with van der Waals surface area (Å²) in [4.78, 5) is 38.8. The number of urea groups is 1. The summed E-state index contributed by atoms with van der Waals surface area (Å²) in [6.45, 7) is 7.95. The molecule has 2 aliphatic heterocycles. The Balaban J connectivity index is 1.50. The van der Waals surface area contributed by atoms with Gasteiger partial charge in [-0.2, -0.15) is 0 Å². The Morgan fingerprint density at radius 1 is 1.24 bits per heavy atom. The number of nitrogens with zero attached hydrogens (tertiary/aromatic N) is 5. The number of aromatic nitrogens is 2. The van der Waals surface area contributed by atoms with E-state index in [4.69, 9.17) is 0 Å². The van der Waals surface area contributed by atoms with Gasteiger partial charge in [-0.25, -0.2) is 14.8 Å². The second-order valence-corrected chi connectivity index (χ2v) is 6.56. The van der Waals surface area contributed by atoms with Crippen LogP contribution in [0.25, 0.3) is 0 Å². The number of amides is 3. The lowest BCUT2D eigenvalue weighted by Gasteiger charge is -2.38. The molecule has 3 heterocycles. The molecule has 1 unspecified atom stereocenters. The molecule has 136 valence electrons. The fourth-order valence-electron chi connectivity index (χ4n) is 3.56. The largest absolute Gasteiger partial charge is 0.323 e. The Bertz CT molecular complexity index is 602. The van der Waals surface area contributed by atoms with Gasteiger partial charge in [-0.15, -0.1) is 0 Å². The van der Waals surface area contributed by atoms with E-state index in [1.54, 1.807) is 18.5 Å². The summed E-state index contributed by atoms with van der Waals surface area (Å²) < 4.78 is 0. The standard InChI is InChI=1S/C17H26N6O2/c1-3-21-11-12-23(17(21)25)14-5-9-22(10-6-14)13(2)15(24)20-16-18-7-4-8-19-16/h4,7-8,13-14H,3,5-6,9-12H2,1-2H3,(H,18,19,20,24). The first-order valence-electron chi connectivity index (χ1n) is 8.97. The molecule has 0 radical (unpaired) electrons. The molecule has 2 saturated heterocycles. The van der Waals surface area contributed by atoms with Gasteiger partial charge in [0.1, 0.15) is 0 Å². The molecule has 0 spiro atoms. The van der Waals surface area contributed by atoms with Gasteiger partial charge >= 0.3 is 6.03 Å². The number of likely N-dealkylation sites (tertiary alicyclic amines) is 1. The quantitative estimate of drug-likeness (QED) is 0.861. The average Bonchev–Trinajstić information content (AvgIpc) is 3.02. The third-order valence-electron chi connectivity index (χ3n) is 5.18. The number of rotatable bonds is 5. The summed E-state index contributed by atoms with van der Waals surface area (Å²) in [6, 6.07) is 1.91. The van der Waals surface area contributed by atoms with E-state index in [0.29, 0.717) is 5.95 Å². The third kappa shape index (κ3) is 3.89. The third-order valence-corrected chi connectivity index (χ3v) is 5.18. The highest BCUT2D eigenvalue weighted by Crippen LogP contribution is 2.22. The molecule has 1 aromatic heterocycles. The van der Waals surface area contributed by atoms with Gasteiger partial charge in [-0.05, 0) is 32.8 Å². The van der Waals surface area contributed by atoms with Crippen LogP contribution < -0.4 is 5.32 Å². The van der Waals surface area contributed by atoms with Crippen molar-refractivity contribution in [2.45, 2.75) is 38.8 Å². The van der Waals surface area contributed by atoms with Gasteiger partial charge in [-0.1, -0.05) is 0 Å². The van der Waals surface area contributed by atoms with Gasteiger partial charge in [-0.3, -0.25) is 15.0 Å². The fourth-order valence-corrected chi connectivity index (χ4v) is 3.56. The number of carbonyl (C=O) groups is 2. The van der Waals surface area contributed by atoms with Crippen LogP contribution in [-0.4, -0.2) is 81.4 Å². The van der Waals surface area contributed by atoms with Gasteiger partial charge in [0.25, 0.3) is 0 Å². The number of hydrogen-bond donors (Lipinski definition) is 1. The number of nitrogens with one attached hydrogen (secondary N) is 1. The first-order chi connectivity index (χ1) is 12.1. The van der Waals surface area contributed by atoms with Gasteiger partial charge in [0.2, 0.25) is 11.9 Å². The highest BCUT2D eigenvalue weighted by Gasteiger charge is 2.36. The maximum Gasteiger partial charge on any atom is 0.320 e. The zero-order valence-electron chi connectivity index (χ0n) is 14.9. The van der Waals surface area contributed by atoms with Crippen LogP contribution in [-0.2, 0) is 4.79 Å². The molecular formula is C17H26N6O2. The summed E-state index contributed by atoms with van der Waals surface area (Å²) in [5.74, 6) is 0.232. The molecule has 25 heavy (non-hydrogen) atoms. The van der Waals surface area contributed by atoms with E-state index in [1.165, 1.54) is 0 Å². The Labute approximate surface area is 148 Å². The number of likely N-dealkylation sites (N-methyl/N-ethyl adjacent to an activating group) is 1. The molecule has 2 fully saturated rings. The molecule has 0 aliphatic carbocycles. The summed E-state index contributed by atoms with van der Waals surface area (Å²) >= 11 is 0. The SMILES string of the molecule is CCN1CCN(C2CCN(C(C)C(=O)Nc3ncccn3)CC2)C1=O. The average molecular weight is 346 g/mol. The zero-order chi connectivity index (χ0) is 17.8. The molecule has 3 rings (SSSR count). The molecular weight excluding hydrogens is 320 g/mol. The lowest BCUT2D eigenvalue weighted by molar-refractivity contribution is -0.121. The zero-order valence-corrected chi connectivity index (χ0v) is 14.9. The molecule has 2 aliphatic rings. The number of anilines is 1. The molecule has 8 nitrogen and oxygen atoms in total. The van der Waals surface area contributed by atoms with Crippen LogP contribution in [0.4, 0.5) is 10.7 Å². The van der Waals surface area contributed by atoms with E-state index in [9.17, 15) is 9.59 Å². The first kappa shape index (κ1) is 17.6. The van der Waals surface area contributed by atoms with Gasteiger partial charge < -0.3 is 9.80 Å². The monoisotopic (exact) mass is 346 g/mol. The minimum absolute atomic E-state index is 0.0981. The van der Waals surface area contributed by atoms with Gasteiger partial charge in [0.15, 0.2) is 0 Å². The van der Waals surface area contributed by atoms with E-state index in [2.05, 4.69) is 20.2 Å². The number of hydrogen-bond acceptors (Lipinski definition) is 5. The van der Waals surface area contributed by atoms with Crippen molar-refractivity contribution >= 4 is 17.9 Å². The normalized spacial score (nSPS) is 20.8. The van der Waals surface area contributed by atoms with Crippen molar-refractivity contribution in [3.05, 3.63) is 18.5 Å². The Morgan fingerprint density at radius 2 is 1.92 bits per heavy atom. The Morgan fingerprint density at radius 3 is 2.52 bits per heavy atom. The van der Waals surface area contributed by atoms with Crippen molar-refractivity contribution in [2.75, 3.05) is 38.0 Å². The van der Waals surface area contributed by atoms with Gasteiger partial charge in [0, 0.05) is 51.2 Å². The summed E-state index contributed by atoms with van der Waals surface area (Å²) in [7, 11) is 0. The van der Waals surface area contributed by atoms with Gasteiger partial charge in [0.05, 0.1) is 6.04 Å². The van der Waals surface area contributed by atoms with Crippen molar-refractivity contribution in [2.24, 2.45) is 0 Å². The molecule has 0 saturated carbocycles. The predicted octanol–water partition coefficient (Wildman–Crippen LogP) is 1.03. The molecule has 1 aromatic rings. The lowest BCUT2D eigenvalue weighted by atomic mass is 10.0. The summed E-state index contributed by atoms with van der Waals surface area (Å²) in [6.07, 6.45) is 5.02. The molecule has 1 N–H and O–H groups in total. The van der Waals surface area contributed by atoms with E-state index in [1.807, 2.05) is 23.6 Å². The van der Waals surface area contributed by atoms with Crippen LogP contribution in [0.5, 0.6) is 0 Å². The van der Waals surface area contributed by atoms with Crippen LogP contribution in [0.2, 0.25) is 0 Å². The highest BCUT2D eigenvalue weighted by atomic mass is 16.2. The number of piperidine rings is 1. The van der Waals surface area contributed by atoms with E-state index >= 15 is 0 Å². The first-order valence-corrected chi connectivity index (χ1v) is 8.97. The Kier molecular flexibility index (Phi) is 5.47. The van der Waals surface area contributed by atoms with E-state index < -0.39 is 0 Å². The predicted molar refractivity (Wildman–Crippen MR) is 94.1 cm³/mol. The van der Waals surface area contributed by atoms with Crippen LogP contribution in [0, 0.1) is 0 Å². The van der Waals surface area contributed by atoms with Crippen molar-refractivity contribution in [3.63, 3.8) is 0 Å². The highest BCUT2D eigenvalue weighted by molar-refractivity contribution is 5.93. The van der Waals surface area contributed by atoms with Crippen molar-refractivity contribution < 1.29 is 9.59 Å². The second kappa shape index (κ2) is 7.77. The lowest BCUT2D eigenvalue weighted by Crippen LogP contribution is -2.51. The maximum atomic E-state index is 12.4. The van der Waals surface area contributed by atoms with Crippen LogP contribution in [0.1, 0.15) is 26.7 Å². The van der Waals surface area contributed by atoms with Crippen molar-refractivity contribution in [1.82, 2.24) is 24.7 Å². The van der Waals surface area contributed by atoms with E-state index in [-0.39, 0.29) is 24.0 Å². The minimum Gasteiger partial charge on any atom is -0.323 e. The second-order valence-electron chi connectivity index (χ2n) is 6.56.